The number of nitrogens with one attached hydrogen (secondary N) is 1. The van der Waals surface area contributed by atoms with Gasteiger partial charge in [-0.2, -0.15) is 13.2 Å². The van der Waals surface area contributed by atoms with Gasteiger partial charge in [0.15, 0.2) is 0 Å². The van der Waals surface area contributed by atoms with Crippen molar-refractivity contribution in [1.29, 1.82) is 0 Å². The third kappa shape index (κ3) is 4.18. The van der Waals surface area contributed by atoms with Gasteiger partial charge in [-0.15, -0.1) is 0 Å². The average Bonchev–Trinajstić information content (AvgIpc) is 2.98. The molecule has 8 nitrogen and oxygen atoms in total. The van der Waals surface area contributed by atoms with E-state index in [0.29, 0.717) is 37.8 Å². The van der Waals surface area contributed by atoms with Gasteiger partial charge in [-0.05, 0) is 45.8 Å². The fourth-order valence-electron chi connectivity index (χ4n) is 4.65. The van der Waals surface area contributed by atoms with Crippen molar-refractivity contribution in [2.45, 2.75) is 42.9 Å². The molecule has 2 aliphatic rings. The third-order valence-electron chi connectivity index (χ3n) is 6.37. The van der Waals surface area contributed by atoms with Crippen molar-refractivity contribution in [3.63, 3.8) is 0 Å². The number of hydrogen-bond acceptors (Lipinski definition) is 5. The number of carbonyl (C=O) groups excluding carboxylic acids is 2. The van der Waals surface area contributed by atoms with Crippen LogP contribution in [-0.2, 0) is 15.1 Å². The van der Waals surface area contributed by atoms with Crippen LogP contribution in [0.3, 0.4) is 0 Å². The molecule has 0 radical (unpaired) electrons. The molecule has 0 bridgehead atoms. The summed E-state index contributed by atoms with van der Waals surface area (Å²) in [7, 11) is 3.57. The van der Waals surface area contributed by atoms with Gasteiger partial charge < -0.3 is 20.1 Å². The topological polar surface area (TPSA) is 99.2 Å². The first-order valence-corrected chi connectivity index (χ1v) is 9.74. The van der Waals surface area contributed by atoms with E-state index in [1.54, 1.807) is 26.2 Å². The highest BCUT2D eigenvalue weighted by atomic mass is 19.4. The summed E-state index contributed by atoms with van der Waals surface area (Å²) < 4.78 is 43.0. The van der Waals surface area contributed by atoms with Gasteiger partial charge >= 0.3 is 24.1 Å². The van der Waals surface area contributed by atoms with Crippen molar-refractivity contribution in [3.05, 3.63) is 29.8 Å². The predicted octanol–water partition coefficient (Wildman–Crippen LogP) is 2.33. The molecule has 1 spiro atoms. The van der Waals surface area contributed by atoms with E-state index >= 15 is 0 Å². The Hall–Kier alpha value is -2.82. The number of esters is 1. The zero-order valence-corrected chi connectivity index (χ0v) is 17.2. The van der Waals surface area contributed by atoms with Crippen LogP contribution in [0.15, 0.2) is 24.3 Å². The van der Waals surface area contributed by atoms with Gasteiger partial charge in [0.25, 0.3) is 0 Å². The fourth-order valence-corrected chi connectivity index (χ4v) is 4.65. The number of amides is 2. The molecule has 2 N–H and O–H groups in total. The molecule has 1 aliphatic carbocycles. The van der Waals surface area contributed by atoms with Gasteiger partial charge in [0.1, 0.15) is 12.3 Å². The second-order valence-electron chi connectivity index (χ2n) is 8.17. The highest BCUT2D eigenvalue weighted by Gasteiger charge is 2.53. The normalized spacial score (nSPS) is 26.3. The quantitative estimate of drug-likeness (QED) is 0.536. The molecule has 0 aromatic heterocycles. The second-order valence-corrected chi connectivity index (χ2v) is 8.17. The summed E-state index contributed by atoms with van der Waals surface area (Å²) in [6, 6.07) is 5.66. The molecule has 1 saturated heterocycles. The number of benzene rings is 1. The number of rotatable bonds is 5. The molecule has 1 heterocycles. The largest absolute Gasteiger partial charge is 0.491 e. The van der Waals surface area contributed by atoms with Gasteiger partial charge in [-0.25, -0.2) is 9.59 Å². The first kappa shape index (κ1) is 22.9. The first-order valence-electron chi connectivity index (χ1n) is 9.74. The molecule has 0 unspecified atom stereocenters. The van der Waals surface area contributed by atoms with E-state index < -0.39 is 41.8 Å². The van der Waals surface area contributed by atoms with Crippen LogP contribution >= 0.6 is 0 Å². The van der Waals surface area contributed by atoms with Crippen LogP contribution in [0.1, 0.15) is 31.2 Å². The summed E-state index contributed by atoms with van der Waals surface area (Å²) in [4.78, 5) is 38.1. The minimum atomic E-state index is -5.12. The van der Waals surface area contributed by atoms with Crippen LogP contribution in [0.25, 0.3) is 0 Å². The summed E-state index contributed by atoms with van der Waals surface area (Å²) in [6.45, 7) is -0.131. The monoisotopic (exact) mass is 443 g/mol. The summed E-state index contributed by atoms with van der Waals surface area (Å²) in [6.07, 6.45) is -3.42. The van der Waals surface area contributed by atoms with E-state index in [1.807, 2.05) is 4.90 Å². The van der Waals surface area contributed by atoms with E-state index in [9.17, 15) is 32.7 Å². The standard InChI is InChI=1S/C20H24F3N3O5/c1-25(2)19(13-5-3-4-6-14(13)31-16(29)20(21,22)23)9-7-18(8-10-19)12-24-17(30)26(18)11-15(27)28/h3-6H,7-12H2,1-2H3,(H,24,30)(H,27,28)/t18-,19+. The van der Waals surface area contributed by atoms with Crippen molar-refractivity contribution in [1.82, 2.24) is 15.1 Å². The van der Waals surface area contributed by atoms with Crippen LogP contribution in [0.5, 0.6) is 5.75 Å². The molecule has 2 fully saturated rings. The van der Waals surface area contributed by atoms with Crippen molar-refractivity contribution >= 4 is 18.0 Å². The van der Waals surface area contributed by atoms with Gasteiger partial charge in [0, 0.05) is 17.6 Å². The lowest BCUT2D eigenvalue weighted by atomic mass is 9.68. The zero-order chi connectivity index (χ0) is 23.0. The Balaban J connectivity index is 1.92. The molecular weight excluding hydrogens is 419 g/mol. The van der Waals surface area contributed by atoms with Crippen LogP contribution in [0.4, 0.5) is 18.0 Å². The lowest BCUT2D eigenvalue weighted by molar-refractivity contribution is -0.189. The predicted molar refractivity (Wildman–Crippen MR) is 102 cm³/mol. The van der Waals surface area contributed by atoms with Crippen molar-refractivity contribution in [2.75, 3.05) is 27.2 Å². The number of carboxylic acid groups (broad SMARTS) is 1. The minimum Gasteiger partial charge on any atom is -0.480 e. The number of halogens is 3. The molecule has 0 atom stereocenters. The molecule has 1 aromatic rings. The molecule has 1 aromatic carbocycles. The smallest absolute Gasteiger partial charge is 0.480 e. The summed E-state index contributed by atoms with van der Waals surface area (Å²) in [5.74, 6) is -3.58. The van der Waals surface area contributed by atoms with Gasteiger partial charge in [0.05, 0.1) is 5.54 Å². The van der Waals surface area contributed by atoms with E-state index in [0.717, 1.165) is 0 Å². The van der Waals surface area contributed by atoms with Gasteiger partial charge in [-0.1, -0.05) is 18.2 Å². The second kappa shape index (κ2) is 8.03. The molecule has 2 amide bonds. The zero-order valence-electron chi connectivity index (χ0n) is 17.2. The maximum absolute atomic E-state index is 12.8. The number of para-hydroxylation sites is 1. The molecule has 11 heteroatoms. The maximum atomic E-state index is 12.8. The fraction of sp³-hybridized carbons (Fsp3) is 0.550. The van der Waals surface area contributed by atoms with Crippen molar-refractivity contribution in [2.24, 2.45) is 0 Å². The Morgan fingerprint density at radius 3 is 2.35 bits per heavy atom. The number of aliphatic carboxylic acids is 1. The summed E-state index contributed by atoms with van der Waals surface area (Å²) >= 11 is 0. The Bertz CT molecular complexity index is 879. The van der Waals surface area contributed by atoms with Gasteiger partial charge in [-0.3, -0.25) is 9.69 Å². The molecular formula is C20H24F3N3O5. The Morgan fingerprint density at radius 1 is 1.19 bits per heavy atom. The minimum absolute atomic E-state index is 0.169. The highest BCUT2D eigenvalue weighted by molar-refractivity contribution is 5.83. The molecule has 1 saturated carbocycles. The van der Waals surface area contributed by atoms with Crippen LogP contribution in [0.2, 0.25) is 0 Å². The van der Waals surface area contributed by atoms with Crippen LogP contribution in [-0.4, -0.2) is 71.8 Å². The van der Waals surface area contributed by atoms with Crippen molar-refractivity contribution < 1.29 is 37.4 Å². The number of carboxylic acids is 1. The van der Waals surface area contributed by atoms with E-state index in [2.05, 4.69) is 5.32 Å². The lowest BCUT2D eigenvalue weighted by Crippen LogP contribution is -2.56. The number of hydrogen-bond donors (Lipinski definition) is 2. The maximum Gasteiger partial charge on any atom is 0.491 e. The number of alkyl halides is 3. The van der Waals surface area contributed by atoms with Gasteiger partial charge in [0.2, 0.25) is 0 Å². The van der Waals surface area contributed by atoms with Crippen LogP contribution < -0.4 is 10.1 Å². The Kier molecular flexibility index (Phi) is 5.92. The van der Waals surface area contributed by atoms with E-state index in [-0.39, 0.29) is 5.75 Å². The average molecular weight is 443 g/mol. The number of nitrogens with zero attached hydrogens (tertiary/aromatic N) is 2. The molecule has 1 aliphatic heterocycles. The van der Waals surface area contributed by atoms with Crippen LogP contribution in [0, 0.1) is 0 Å². The molecule has 3 rings (SSSR count). The molecule has 170 valence electrons. The lowest BCUT2D eigenvalue weighted by Gasteiger charge is -2.50. The number of carbonyl (C=O) groups is 3. The number of ether oxygens (including phenoxy) is 1. The molecule has 31 heavy (non-hydrogen) atoms. The van der Waals surface area contributed by atoms with E-state index in [4.69, 9.17) is 4.74 Å². The van der Waals surface area contributed by atoms with E-state index in [1.165, 1.54) is 17.0 Å². The van der Waals surface area contributed by atoms with Crippen molar-refractivity contribution in [3.8, 4) is 5.75 Å². The Labute approximate surface area is 176 Å². The summed E-state index contributed by atoms with van der Waals surface area (Å²) in [5.41, 5.74) is -1.00. The third-order valence-corrected chi connectivity index (χ3v) is 6.37. The Morgan fingerprint density at radius 2 is 1.81 bits per heavy atom. The SMILES string of the molecule is CN(C)[C@]1(c2ccccc2OC(=O)C(F)(F)F)CC[C@]2(CC1)CNC(=O)N2CC(=O)O. The highest BCUT2D eigenvalue weighted by Crippen LogP contribution is 2.49. The summed E-state index contributed by atoms with van der Waals surface area (Å²) in [5, 5.41) is 11.9. The first-order chi connectivity index (χ1) is 14.4. The number of urea groups is 1.